The van der Waals surface area contributed by atoms with Gasteiger partial charge in [-0.1, -0.05) is 26.7 Å². The molecule has 0 aromatic rings. The SMILES string of the molecule is C=CC(=O)OC(CC)C(OC(=O)C=C)(OC(=O)C=C)C(CO)(CO)CO. The van der Waals surface area contributed by atoms with Gasteiger partial charge in [0.15, 0.2) is 6.10 Å². The predicted molar refractivity (Wildman–Crippen MR) is 89.4 cm³/mol. The van der Waals surface area contributed by atoms with E-state index >= 15 is 0 Å². The molecule has 0 rings (SSSR count). The van der Waals surface area contributed by atoms with Crippen molar-refractivity contribution in [1.29, 1.82) is 0 Å². The van der Waals surface area contributed by atoms with Crippen molar-refractivity contribution >= 4 is 17.9 Å². The summed E-state index contributed by atoms with van der Waals surface area (Å²) in [6.45, 7) is 8.20. The lowest BCUT2D eigenvalue weighted by Crippen LogP contribution is -2.66. The van der Waals surface area contributed by atoms with E-state index in [-0.39, 0.29) is 6.42 Å². The van der Waals surface area contributed by atoms with Gasteiger partial charge in [-0.2, -0.15) is 0 Å². The van der Waals surface area contributed by atoms with E-state index in [2.05, 4.69) is 19.7 Å². The van der Waals surface area contributed by atoms with E-state index in [0.29, 0.717) is 0 Å². The molecule has 0 fully saturated rings. The van der Waals surface area contributed by atoms with Crippen molar-refractivity contribution in [2.75, 3.05) is 19.8 Å². The minimum atomic E-state index is -2.57. The summed E-state index contributed by atoms with van der Waals surface area (Å²) in [5, 5.41) is 29.4. The monoisotopic (exact) mass is 372 g/mol. The maximum atomic E-state index is 11.9. The third kappa shape index (κ3) is 4.78. The van der Waals surface area contributed by atoms with Crippen LogP contribution in [-0.4, -0.2) is 64.9 Å². The molecule has 0 aliphatic carbocycles. The molecule has 0 aromatic carbocycles. The number of esters is 3. The standard InChI is InChI=1S/C17H24O9/c1-5-12(24-13(21)6-2)17(25-14(22)7-3,26-15(23)8-4)16(9-18,10-19)11-20/h6-8,12,18-20H,2-5,9-11H2,1H3. The highest BCUT2D eigenvalue weighted by atomic mass is 16.8. The average Bonchev–Trinajstić information content (AvgIpc) is 2.66. The highest BCUT2D eigenvalue weighted by molar-refractivity contribution is 5.84. The minimum absolute atomic E-state index is 0.0871. The second-order valence-electron chi connectivity index (χ2n) is 5.21. The van der Waals surface area contributed by atoms with Crippen LogP contribution in [-0.2, 0) is 28.6 Å². The van der Waals surface area contributed by atoms with Gasteiger partial charge in [-0.3, -0.25) is 0 Å². The summed E-state index contributed by atoms with van der Waals surface area (Å²) in [6, 6.07) is 0. The molecule has 0 amide bonds. The van der Waals surface area contributed by atoms with Crippen molar-refractivity contribution < 1.29 is 43.9 Å². The second-order valence-corrected chi connectivity index (χ2v) is 5.21. The number of aliphatic hydroxyl groups is 3. The Balaban J connectivity index is 6.66. The zero-order valence-corrected chi connectivity index (χ0v) is 14.6. The maximum Gasteiger partial charge on any atom is 0.333 e. The molecule has 0 radical (unpaired) electrons. The van der Waals surface area contributed by atoms with Gasteiger partial charge in [0.05, 0.1) is 19.8 Å². The Morgan fingerprint density at radius 3 is 1.54 bits per heavy atom. The van der Waals surface area contributed by atoms with Crippen molar-refractivity contribution in [2.45, 2.75) is 25.2 Å². The third-order valence-electron chi connectivity index (χ3n) is 3.70. The van der Waals surface area contributed by atoms with Gasteiger partial charge < -0.3 is 29.5 Å². The highest BCUT2D eigenvalue weighted by Crippen LogP contribution is 2.41. The molecule has 1 atom stereocenters. The largest absolute Gasteiger partial charge is 0.451 e. The molecule has 0 saturated carbocycles. The van der Waals surface area contributed by atoms with Gasteiger partial charge in [0.25, 0.3) is 0 Å². The van der Waals surface area contributed by atoms with Crippen LogP contribution in [0.4, 0.5) is 0 Å². The Kier molecular flexibility index (Phi) is 9.49. The lowest BCUT2D eigenvalue weighted by Gasteiger charge is -2.48. The van der Waals surface area contributed by atoms with E-state index < -0.39 is 55.0 Å². The molecule has 0 aliphatic heterocycles. The van der Waals surface area contributed by atoms with Crippen LogP contribution in [0.15, 0.2) is 38.0 Å². The summed E-state index contributed by atoms with van der Waals surface area (Å²) in [5.74, 6) is -5.76. The average molecular weight is 372 g/mol. The summed E-state index contributed by atoms with van der Waals surface area (Å²) < 4.78 is 15.4. The lowest BCUT2D eigenvalue weighted by molar-refractivity contribution is -0.324. The summed E-state index contributed by atoms with van der Waals surface area (Å²) in [6.07, 6.45) is 0.685. The predicted octanol–water partition coefficient (Wildman–Crippen LogP) is -0.388. The van der Waals surface area contributed by atoms with Crippen molar-refractivity contribution in [3.8, 4) is 0 Å². The number of hydrogen-bond donors (Lipinski definition) is 3. The van der Waals surface area contributed by atoms with Gasteiger partial charge in [-0.25, -0.2) is 14.4 Å². The van der Waals surface area contributed by atoms with E-state index in [1.54, 1.807) is 0 Å². The molecule has 0 aliphatic rings. The summed E-state index contributed by atoms with van der Waals surface area (Å²) in [4.78, 5) is 35.5. The molecule has 0 heterocycles. The molecule has 3 N–H and O–H groups in total. The number of ether oxygens (including phenoxy) is 3. The first kappa shape index (κ1) is 23.5. The summed E-state index contributed by atoms with van der Waals surface area (Å²) in [7, 11) is 0. The fourth-order valence-electron chi connectivity index (χ4n) is 2.19. The van der Waals surface area contributed by atoms with E-state index in [1.807, 2.05) is 0 Å². The Morgan fingerprint density at radius 2 is 1.27 bits per heavy atom. The van der Waals surface area contributed by atoms with Gasteiger partial charge in [0.2, 0.25) is 0 Å². The molecule has 26 heavy (non-hydrogen) atoms. The maximum absolute atomic E-state index is 11.9. The quantitative estimate of drug-likeness (QED) is 0.237. The van der Waals surface area contributed by atoms with Gasteiger partial charge in [-0.05, 0) is 6.42 Å². The number of rotatable bonds is 12. The number of hydrogen-bond acceptors (Lipinski definition) is 9. The van der Waals surface area contributed by atoms with Gasteiger partial charge in [0, 0.05) is 18.2 Å². The van der Waals surface area contributed by atoms with E-state index in [0.717, 1.165) is 18.2 Å². The van der Waals surface area contributed by atoms with E-state index in [9.17, 15) is 29.7 Å². The zero-order valence-electron chi connectivity index (χ0n) is 14.6. The topological polar surface area (TPSA) is 140 Å². The van der Waals surface area contributed by atoms with Crippen LogP contribution in [0.25, 0.3) is 0 Å². The molecule has 0 spiro atoms. The Morgan fingerprint density at radius 1 is 0.885 bits per heavy atom. The first-order valence-corrected chi connectivity index (χ1v) is 7.62. The summed E-state index contributed by atoms with van der Waals surface area (Å²) >= 11 is 0. The van der Waals surface area contributed by atoms with Crippen molar-refractivity contribution in [3.05, 3.63) is 38.0 Å². The first-order chi connectivity index (χ1) is 12.3. The molecule has 9 nitrogen and oxygen atoms in total. The number of aliphatic hydroxyl groups excluding tert-OH is 3. The Labute approximate surface area is 151 Å². The lowest BCUT2D eigenvalue weighted by atomic mass is 9.76. The van der Waals surface area contributed by atoms with Crippen LogP contribution in [0.5, 0.6) is 0 Å². The van der Waals surface area contributed by atoms with Gasteiger partial charge in [0.1, 0.15) is 5.41 Å². The first-order valence-electron chi connectivity index (χ1n) is 7.62. The summed E-state index contributed by atoms with van der Waals surface area (Å²) in [5.41, 5.74) is -2.12. The van der Waals surface area contributed by atoms with E-state index in [4.69, 9.17) is 14.2 Å². The number of carbonyl (C=O) groups excluding carboxylic acids is 3. The van der Waals surface area contributed by atoms with Crippen LogP contribution in [0.1, 0.15) is 13.3 Å². The smallest absolute Gasteiger partial charge is 0.333 e. The molecule has 0 bridgehead atoms. The fourth-order valence-corrected chi connectivity index (χ4v) is 2.19. The van der Waals surface area contributed by atoms with Crippen molar-refractivity contribution in [2.24, 2.45) is 5.41 Å². The van der Waals surface area contributed by atoms with Crippen LogP contribution >= 0.6 is 0 Å². The van der Waals surface area contributed by atoms with Crippen LogP contribution < -0.4 is 0 Å². The molecule has 146 valence electrons. The molecular formula is C17H24O9. The van der Waals surface area contributed by atoms with Crippen LogP contribution in [0.2, 0.25) is 0 Å². The van der Waals surface area contributed by atoms with Crippen LogP contribution in [0, 0.1) is 5.41 Å². The van der Waals surface area contributed by atoms with Gasteiger partial charge >= 0.3 is 23.7 Å². The molecule has 1 unspecified atom stereocenters. The van der Waals surface area contributed by atoms with E-state index in [1.165, 1.54) is 6.92 Å². The third-order valence-corrected chi connectivity index (χ3v) is 3.70. The normalized spacial score (nSPS) is 12.5. The molecule has 9 heteroatoms. The fraction of sp³-hybridized carbons (Fsp3) is 0.471. The zero-order chi connectivity index (χ0) is 20.4. The second kappa shape index (κ2) is 10.5. The minimum Gasteiger partial charge on any atom is -0.451 e. The Bertz CT molecular complexity index is 518. The van der Waals surface area contributed by atoms with Crippen molar-refractivity contribution in [1.82, 2.24) is 0 Å². The highest BCUT2D eigenvalue weighted by Gasteiger charge is 2.63. The number of carbonyl (C=O) groups is 3. The van der Waals surface area contributed by atoms with Crippen molar-refractivity contribution in [3.63, 3.8) is 0 Å². The molecule has 0 aromatic heterocycles. The Hall–Kier alpha value is -2.49. The molecule has 0 saturated heterocycles. The van der Waals surface area contributed by atoms with Crippen LogP contribution in [0.3, 0.4) is 0 Å². The van der Waals surface area contributed by atoms with Gasteiger partial charge in [-0.15, -0.1) is 0 Å². The molecular weight excluding hydrogens is 348 g/mol.